The Balaban J connectivity index is 1.83. The van der Waals surface area contributed by atoms with Gasteiger partial charge in [-0.2, -0.15) is 0 Å². The van der Waals surface area contributed by atoms with Gasteiger partial charge in [0.05, 0.1) is 6.54 Å². The van der Waals surface area contributed by atoms with Gasteiger partial charge in [0, 0.05) is 5.71 Å². The zero-order chi connectivity index (χ0) is 20.4. The molecule has 1 aliphatic carbocycles. The predicted octanol–water partition coefficient (Wildman–Crippen LogP) is 7.70. The Hall–Kier alpha value is -1.89. The van der Waals surface area contributed by atoms with Crippen molar-refractivity contribution in [2.75, 3.05) is 6.54 Å². The lowest BCUT2D eigenvalue weighted by molar-refractivity contribution is 0.272. The third kappa shape index (κ3) is 7.62. The molecule has 0 amide bonds. The van der Waals surface area contributed by atoms with Crippen molar-refractivity contribution in [3.05, 3.63) is 71.8 Å². The van der Waals surface area contributed by atoms with Crippen LogP contribution in [-0.4, -0.2) is 12.3 Å². The van der Waals surface area contributed by atoms with E-state index in [2.05, 4.69) is 67.9 Å². The number of hydrogen-bond acceptors (Lipinski definition) is 1. The van der Waals surface area contributed by atoms with Gasteiger partial charge in [0.15, 0.2) is 0 Å². The molecule has 1 saturated carbocycles. The largest absolute Gasteiger partial charge is 0.291 e. The van der Waals surface area contributed by atoms with E-state index < -0.39 is 0 Å². The van der Waals surface area contributed by atoms with Crippen LogP contribution in [0.2, 0.25) is 0 Å². The molecule has 0 radical (unpaired) electrons. The van der Waals surface area contributed by atoms with Crippen molar-refractivity contribution in [3.63, 3.8) is 0 Å². The van der Waals surface area contributed by atoms with Crippen LogP contribution in [0.1, 0.15) is 76.8 Å². The first-order valence-corrected chi connectivity index (χ1v) is 11.0. The van der Waals surface area contributed by atoms with Crippen LogP contribution in [0, 0.1) is 11.8 Å². The number of aliphatic imine (C=N–C) groups is 1. The molecule has 0 heterocycles. The molecule has 2 rings (SSSR count). The molecule has 0 saturated heterocycles. The number of rotatable bonds is 9. The van der Waals surface area contributed by atoms with E-state index in [0.717, 1.165) is 24.1 Å². The normalized spacial score (nSPS) is 20.5. The van der Waals surface area contributed by atoms with Crippen LogP contribution in [-0.2, 0) is 6.42 Å². The minimum absolute atomic E-state index is 0.618. The van der Waals surface area contributed by atoms with Gasteiger partial charge in [-0.25, -0.2) is 0 Å². The van der Waals surface area contributed by atoms with Crippen LogP contribution in [0.5, 0.6) is 0 Å². The van der Waals surface area contributed by atoms with E-state index in [1.54, 1.807) is 5.56 Å². The van der Waals surface area contributed by atoms with Crippen molar-refractivity contribution in [1.29, 1.82) is 0 Å². The number of allylic oxidation sites excluding steroid dienone is 4. The fourth-order valence-electron chi connectivity index (χ4n) is 4.27. The molecule has 0 N–H and O–H groups in total. The zero-order valence-electron chi connectivity index (χ0n) is 18.5. The molecular weight excluding hydrogens is 338 g/mol. The summed E-state index contributed by atoms with van der Waals surface area (Å²) in [4.78, 5) is 4.40. The second kappa shape index (κ2) is 11.8. The Labute approximate surface area is 173 Å². The van der Waals surface area contributed by atoms with E-state index in [0.29, 0.717) is 5.92 Å². The minimum atomic E-state index is 0.618. The number of hydrogen-bond donors (Lipinski definition) is 0. The molecule has 1 aromatic carbocycles. The molecule has 1 nitrogen and oxygen atoms in total. The van der Waals surface area contributed by atoms with Crippen molar-refractivity contribution in [2.45, 2.75) is 72.1 Å². The summed E-state index contributed by atoms with van der Waals surface area (Å²) in [7, 11) is 0. The lowest BCUT2D eigenvalue weighted by Crippen LogP contribution is -2.17. The molecule has 1 aliphatic rings. The second-order valence-corrected chi connectivity index (χ2v) is 8.81. The first kappa shape index (κ1) is 22.4. The van der Waals surface area contributed by atoms with Crippen LogP contribution in [0.25, 0.3) is 0 Å². The van der Waals surface area contributed by atoms with E-state index in [4.69, 9.17) is 0 Å². The SMILES string of the molecule is C=CC(=CC=CCN=C(C)C)CC1CCC(Cc2ccccc2C(C)C)CC1. The molecule has 0 atom stereocenters. The summed E-state index contributed by atoms with van der Waals surface area (Å²) in [5, 5.41) is 0. The Morgan fingerprint density at radius 3 is 2.43 bits per heavy atom. The number of nitrogens with zero attached hydrogens (tertiary/aromatic N) is 1. The van der Waals surface area contributed by atoms with Crippen molar-refractivity contribution < 1.29 is 0 Å². The van der Waals surface area contributed by atoms with Gasteiger partial charge in [-0.15, -0.1) is 0 Å². The topological polar surface area (TPSA) is 12.4 Å². The molecule has 0 aromatic heterocycles. The highest BCUT2D eigenvalue weighted by Crippen LogP contribution is 2.35. The van der Waals surface area contributed by atoms with Gasteiger partial charge < -0.3 is 0 Å². The Kier molecular flexibility index (Phi) is 9.47. The maximum absolute atomic E-state index is 4.40. The van der Waals surface area contributed by atoms with Gasteiger partial charge in [0.25, 0.3) is 0 Å². The third-order valence-corrected chi connectivity index (χ3v) is 5.90. The second-order valence-electron chi connectivity index (χ2n) is 8.81. The van der Waals surface area contributed by atoms with Crippen LogP contribution < -0.4 is 0 Å². The summed E-state index contributed by atoms with van der Waals surface area (Å²) in [6.07, 6.45) is 16.4. The van der Waals surface area contributed by atoms with Crippen LogP contribution in [0.3, 0.4) is 0 Å². The first-order chi connectivity index (χ1) is 13.5. The fourth-order valence-corrected chi connectivity index (χ4v) is 4.27. The maximum atomic E-state index is 4.40. The molecule has 1 heteroatoms. The smallest absolute Gasteiger partial charge is 0.0572 e. The third-order valence-electron chi connectivity index (χ3n) is 5.90. The van der Waals surface area contributed by atoms with Gasteiger partial charge in [-0.1, -0.05) is 69.0 Å². The summed E-state index contributed by atoms with van der Waals surface area (Å²) >= 11 is 0. The van der Waals surface area contributed by atoms with Gasteiger partial charge >= 0.3 is 0 Å². The monoisotopic (exact) mass is 377 g/mol. The molecule has 0 unspecified atom stereocenters. The van der Waals surface area contributed by atoms with Crippen molar-refractivity contribution >= 4 is 5.71 Å². The molecular formula is C27H39N. The van der Waals surface area contributed by atoms with Gasteiger partial charge in [0.1, 0.15) is 0 Å². The van der Waals surface area contributed by atoms with Crippen LogP contribution in [0.4, 0.5) is 0 Å². The van der Waals surface area contributed by atoms with Crippen molar-refractivity contribution in [3.8, 4) is 0 Å². The Morgan fingerprint density at radius 2 is 1.79 bits per heavy atom. The van der Waals surface area contributed by atoms with Crippen LogP contribution in [0.15, 0.2) is 65.7 Å². The zero-order valence-corrected chi connectivity index (χ0v) is 18.5. The molecule has 1 fully saturated rings. The average Bonchev–Trinajstić information content (AvgIpc) is 2.68. The van der Waals surface area contributed by atoms with Gasteiger partial charge in [-0.05, 0) is 86.8 Å². The Bertz CT molecular complexity index is 693. The summed E-state index contributed by atoms with van der Waals surface area (Å²) in [5.74, 6) is 2.28. The highest BCUT2D eigenvalue weighted by Gasteiger charge is 2.22. The standard InChI is InChI=1S/C27H39N/c1-6-23(11-9-10-18-28-22(4)5)19-24-14-16-25(17-15-24)20-26-12-7-8-13-27(26)21(2)3/h6-13,21,24-25H,1,14-20H2,2-5H3. The van der Waals surface area contributed by atoms with E-state index in [1.807, 2.05) is 19.9 Å². The van der Waals surface area contributed by atoms with Crippen molar-refractivity contribution in [2.24, 2.45) is 16.8 Å². The van der Waals surface area contributed by atoms with E-state index >= 15 is 0 Å². The lowest BCUT2D eigenvalue weighted by atomic mass is 9.76. The minimum Gasteiger partial charge on any atom is -0.291 e. The van der Waals surface area contributed by atoms with Crippen molar-refractivity contribution in [1.82, 2.24) is 0 Å². The maximum Gasteiger partial charge on any atom is 0.0572 e. The fraction of sp³-hybridized carbons (Fsp3) is 0.519. The summed E-state index contributed by atoms with van der Waals surface area (Å²) in [5.41, 5.74) is 5.60. The average molecular weight is 378 g/mol. The first-order valence-electron chi connectivity index (χ1n) is 11.0. The van der Waals surface area contributed by atoms with Crippen LogP contribution >= 0.6 is 0 Å². The Morgan fingerprint density at radius 1 is 1.11 bits per heavy atom. The van der Waals surface area contributed by atoms with E-state index in [-0.39, 0.29) is 0 Å². The number of benzene rings is 1. The molecule has 1 aromatic rings. The lowest BCUT2D eigenvalue weighted by Gasteiger charge is -2.29. The molecule has 0 aliphatic heterocycles. The van der Waals surface area contributed by atoms with E-state index in [1.165, 1.54) is 49.7 Å². The molecule has 0 bridgehead atoms. The highest BCUT2D eigenvalue weighted by atomic mass is 14.7. The summed E-state index contributed by atoms with van der Waals surface area (Å²) in [6.45, 7) is 13.5. The summed E-state index contributed by atoms with van der Waals surface area (Å²) in [6, 6.07) is 9.04. The molecule has 28 heavy (non-hydrogen) atoms. The highest BCUT2D eigenvalue weighted by molar-refractivity contribution is 5.79. The van der Waals surface area contributed by atoms with E-state index in [9.17, 15) is 0 Å². The summed E-state index contributed by atoms with van der Waals surface area (Å²) < 4.78 is 0. The quantitative estimate of drug-likeness (QED) is 0.309. The van der Waals surface area contributed by atoms with Gasteiger partial charge in [-0.3, -0.25) is 4.99 Å². The predicted molar refractivity (Wildman–Crippen MR) is 125 cm³/mol. The molecule has 0 spiro atoms. The molecule has 152 valence electrons. The van der Waals surface area contributed by atoms with Gasteiger partial charge in [0.2, 0.25) is 0 Å².